The van der Waals surface area contributed by atoms with E-state index in [1.165, 1.54) is 12.8 Å². The highest BCUT2D eigenvalue weighted by Crippen LogP contribution is 2.33. The van der Waals surface area contributed by atoms with Crippen LogP contribution < -0.4 is 5.32 Å². The van der Waals surface area contributed by atoms with E-state index in [0.29, 0.717) is 11.7 Å². The molecule has 2 atom stereocenters. The van der Waals surface area contributed by atoms with Gasteiger partial charge in [-0.2, -0.15) is 0 Å². The number of aryl methyl sites for hydroxylation is 1. The van der Waals surface area contributed by atoms with Crippen molar-refractivity contribution in [2.45, 2.75) is 51.5 Å². The number of hydrogen-bond donors (Lipinski definition) is 1. The lowest BCUT2D eigenvalue weighted by Crippen LogP contribution is -2.52. The summed E-state index contributed by atoms with van der Waals surface area (Å²) in [5, 5.41) is 3.99. The highest BCUT2D eigenvalue weighted by Gasteiger charge is 2.36. The maximum Gasteiger partial charge on any atom is 0.287 e. The van der Waals surface area contributed by atoms with E-state index in [1.54, 1.807) is 6.07 Å². The van der Waals surface area contributed by atoms with Gasteiger partial charge in [-0.25, -0.2) is 0 Å². The molecule has 0 saturated heterocycles. The van der Waals surface area contributed by atoms with E-state index in [0.717, 1.165) is 30.4 Å². The minimum Gasteiger partial charge on any atom is -0.456 e. The Kier molecular flexibility index (Phi) is 4.71. The third-order valence-corrected chi connectivity index (χ3v) is 5.03. The maximum absolute atomic E-state index is 12.3. The normalized spacial score (nSPS) is 27.2. The van der Waals surface area contributed by atoms with E-state index in [1.807, 2.05) is 13.0 Å². The van der Waals surface area contributed by atoms with E-state index in [4.69, 9.17) is 4.42 Å². The summed E-state index contributed by atoms with van der Waals surface area (Å²) in [6, 6.07) is 3.64. The van der Waals surface area contributed by atoms with Crippen LogP contribution in [0.25, 0.3) is 0 Å². The van der Waals surface area contributed by atoms with Crippen LogP contribution in [0.4, 0.5) is 0 Å². The van der Waals surface area contributed by atoms with Gasteiger partial charge in [0.15, 0.2) is 5.76 Å². The first kappa shape index (κ1) is 14.6. The Bertz CT molecular complexity index is 443. The predicted octanol–water partition coefficient (Wildman–Crippen LogP) is 3.92. The highest BCUT2D eigenvalue weighted by atomic mass is 79.9. The molecule has 0 radical (unpaired) electrons. The molecule has 0 aromatic carbocycles. The van der Waals surface area contributed by atoms with E-state index in [-0.39, 0.29) is 11.4 Å². The van der Waals surface area contributed by atoms with Crippen LogP contribution in [0.15, 0.2) is 16.5 Å². The molecule has 1 heterocycles. The van der Waals surface area contributed by atoms with Gasteiger partial charge >= 0.3 is 0 Å². The third-order valence-electron chi connectivity index (χ3n) is 3.96. The molecule has 1 fully saturated rings. The van der Waals surface area contributed by atoms with Gasteiger partial charge in [0, 0.05) is 11.8 Å². The van der Waals surface area contributed by atoms with Crippen LogP contribution in [-0.4, -0.2) is 16.8 Å². The zero-order valence-corrected chi connectivity index (χ0v) is 13.3. The smallest absolute Gasteiger partial charge is 0.287 e. The second-order valence-electron chi connectivity index (χ2n) is 5.69. The average molecular weight is 328 g/mol. The Morgan fingerprint density at radius 1 is 1.58 bits per heavy atom. The number of furan rings is 1. The summed E-state index contributed by atoms with van der Waals surface area (Å²) in [5.41, 5.74) is -0.117. The van der Waals surface area contributed by atoms with Gasteiger partial charge in [0.25, 0.3) is 5.91 Å². The highest BCUT2D eigenvalue weighted by molar-refractivity contribution is 9.09. The monoisotopic (exact) mass is 327 g/mol. The molecule has 0 bridgehead atoms. The van der Waals surface area contributed by atoms with Crippen molar-refractivity contribution in [2.24, 2.45) is 5.92 Å². The van der Waals surface area contributed by atoms with Crippen LogP contribution >= 0.6 is 15.9 Å². The zero-order chi connectivity index (χ0) is 13.9. The van der Waals surface area contributed by atoms with Gasteiger partial charge < -0.3 is 9.73 Å². The van der Waals surface area contributed by atoms with Gasteiger partial charge in [0.1, 0.15) is 5.76 Å². The lowest BCUT2D eigenvalue weighted by Gasteiger charge is -2.39. The van der Waals surface area contributed by atoms with Gasteiger partial charge in [-0.15, -0.1) is 0 Å². The minimum absolute atomic E-state index is 0.0896. The molecule has 4 heteroatoms. The lowest BCUT2D eigenvalue weighted by atomic mass is 9.77. The summed E-state index contributed by atoms with van der Waals surface area (Å²) in [6.45, 7) is 4.27. The summed E-state index contributed by atoms with van der Waals surface area (Å²) >= 11 is 3.57. The fourth-order valence-corrected chi connectivity index (χ4v) is 3.57. The first-order valence-electron chi connectivity index (χ1n) is 7.06. The molecular weight excluding hydrogens is 306 g/mol. The molecule has 2 rings (SSSR count). The zero-order valence-electron chi connectivity index (χ0n) is 11.7. The molecule has 2 unspecified atom stereocenters. The van der Waals surface area contributed by atoms with Gasteiger partial charge in [0.05, 0.1) is 5.54 Å². The number of carbonyl (C=O) groups excluding carboxylic acids is 1. The van der Waals surface area contributed by atoms with Crippen molar-refractivity contribution < 1.29 is 9.21 Å². The molecule has 1 amide bonds. The summed E-state index contributed by atoms with van der Waals surface area (Å²) in [6.07, 6.45) is 5.31. The molecule has 1 saturated carbocycles. The van der Waals surface area contributed by atoms with Crippen molar-refractivity contribution in [1.82, 2.24) is 5.32 Å². The van der Waals surface area contributed by atoms with Gasteiger partial charge in [-0.1, -0.05) is 42.6 Å². The topological polar surface area (TPSA) is 42.2 Å². The molecular formula is C15H22BrNO2. The van der Waals surface area contributed by atoms with Gasteiger partial charge in [-0.05, 0) is 30.9 Å². The molecule has 1 aliphatic rings. The molecule has 0 spiro atoms. The molecule has 1 N–H and O–H groups in total. The Labute approximate surface area is 123 Å². The molecule has 1 aliphatic carbocycles. The van der Waals surface area contributed by atoms with E-state index < -0.39 is 0 Å². The van der Waals surface area contributed by atoms with E-state index in [9.17, 15) is 4.79 Å². The molecule has 1 aromatic rings. The third kappa shape index (κ3) is 3.41. The van der Waals surface area contributed by atoms with Crippen LogP contribution in [0.3, 0.4) is 0 Å². The second-order valence-corrected chi connectivity index (χ2v) is 6.25. The van der Waals surface area contributed by atoms with Gasteiger partial charge in [0.2, 0.25) is 0 Å². The maximum atomic E-state index is 12.3. The Hall–Kier alpha value is -0.770. The largest absolute Gasteiger partial charge is 0.456 e. The lowest BCUT2D eigenvalue weighted by molar-refractivity contribution is 0.0839. The molecule has 1 aromatic heterocycles. The Balaban J connectivity index is 2.07. The van der Waals surface area contributed by atoms with E-state index in [2.05, 4.69) is 28.2 Å². The Morgan fingerprint density at radius 2 is 2.37 bits per heavy atom. The predicted molar refractivity (Wildman–Crippen MR) is 79.7 cm³/mol. The van der Waals surface area contributed by atoms with Crippen LogP contribution in [-0.2, 0) is 6.42 Å². The van der Waals surface area contributed by atoms with Crippen molar-refractivity contribution in [3.05, 3.63) is 23.7 Å². The number of rotatable bonds is 4. The second kappa shape index (κ2) is 6.12. The Morgan fingerprint density at radius 3 is 2.95 bits per heavy atom. The number of amides is 1. The van der Waals surface area contributed by atoms with Crippen LogP contribution in [0.1, 0.15) is 55.8 Å². The van der Waals surface area contributed by atoms with Crippen LogP contribution in [0, 0.1) is 5.92 Å². The van der Waals surface area contributed by atoms with Crippen molar-refractivity contribution in [3.8, 4) is 0 Å². The average Bonchev–Trinajstić information content (AvgIpc) is 2.87. The number of alkyl halides is 1. The molecule has 3 nitrogen and oxygen atoms in total. The van der Waals surface area contributed by atoms with Crippen LogP contribution in [0.2, 0.25) is 0 Å². The number of hydrogen-bond acceptors (Lipinski definition) is 2. The first-order chi connectivity index (χ1) is 9.08. The quantitative estimate of drug-likeness (QED) is 0.852. The van der Waals surface area contributed by atoms with Crippen LogP contribution in [0.5, 0.6) is 0 Å². The molecule has 0 aliphatic heterocycles. The SMILES string of the molecule is CCc1ccc(C(=O)NC2(CBr)CCCC(C)C2)o1. The first-order valence-corrected chi connectivity index (χ1v) is 8.18. The van der Waals surface area contributed by atoms with Crippen molar-refractivity contribution in [3.63, 3.8) is 0 Å². The number of carbonyl (C=O) groups is 1. The summed E-state index contributed by atoms with van der Waals surface area (Å²) < 4.78 is 5.53. The van der Waals surface area contributed by atoms with Crippen molar-refractivity contribution in [1.29, 1.82) is 0 Å². The summed E-state index contributed by atoms with van der Waals surface area (Å²) in [4.78, 5) is 12.3. The number of halogens is 1. The molecule has 19 heavy (non-hydrogen) atoms. The minimum atomic E-state index is -0.117. The standard InChI is InChI=1S/C15H22BrNO2/c1-3-12-6-7-13(19-12)14(18)17-15(10-16)8-4-5-11(2)9-15/h6-7,11H,3-5,8-10H2,1-2H3,(H,17,18). The summed E-state index contributed by atoms with van der Waals surface area (Å²) in [5.74, 6) is 1.85. The molecule has 106 valence electrons. The number of nitrogens with one attached hydrogen (secondary N) is 1. The van der Waals surface area contributed by atoms with Crippen molar-refractivity contribution >= 4 is 21.8 Å². The van der Waals surface area contributed by atoms with E-state index >= 15 is 0 Å². The fraction of sp³-hybridized carbons (Fsp3) is 0.667. The van der Waals surface area contributed by atoms with Crippen molar-refractivity contribution in [2.75, 3.05) is 5.33 Å². The fourth-order valence-electron chi connectivity index (χ4n) is 2.92. The van der Waals surface area contributed by atoms with Gasteiger partial charge in [-0.3, -0.25) is 4.79 Å². The summed E-state index contributed by atoms with van der Waals surface area (Å²) in [7, 11) is 0.